The smallest absolute Gasteiger partial charge is 0.184 e. The Morgan fingerprint density at radius 1 is 1.13 bits per heavy atom. The van der Waals surface area contributed by atoms with Crippen molar-refractivity contribution in [2.45, 2.75) is 48.0 Å². The highest BCUT2D eigenvalue weighted by Gasteiger charge is 2.26. The third-order valence-electron chi connectivity index (χ3n) is 3.59. The fraction of sp³-hybridized carbons (Fsp3) is 0.643. The summed E-state index contributed by atoms with van der Waals surface area (Å²) in [5.74, 6) is 1.27. The van der Waals surface area contributed by atoms with Gasteiger partial charge in [-0.05, 0) is 50.2 Å². The van der Waals surface area contributed by atoms with Gasteiger partial charge in [-0.3, -0.25) is 4.79 Å². The van der Waals surface area contributed by atoms with E-state index in [4.69, 9.17) is 0 Å². The minimum atomic E-state index is 0.275. The van der Waals surface area contributed by atoms with E-state index in [-0.39, 0.29) is 5.78 Å². The van der Waals surface area contributed by atoms with Crippen LogP contribution in [-0.4, -0.2) is 5.78 Å². The molecule has 0 spiro atoms. The first kappa shape index (κ1) is 12.2. The number of rotatable bonds is 2. The molecule has 0 N–H and O–H groups in total. The first-order valence-electron chi connectivity index (χ1n) is 5.78. The zero-order valence-electron chi connectivity index (χ0n) is 10.8. The summed E-state index contributed by atoms with van der Waals surface area (Å²) in [5.41, 5.74) is 4.53. The minimum Gasteiger partial charge on any atom is -0.289 e. The lowest BCUT2D eigenvalue weighted by Crippen LogP contribution is -2.20. The maximum atomic E-state index is 12.1. The van der Waals surface area contributed by atoms with Gasteiger partial charge < -0.3 is 0 Å². The predicted molar refractivity (Wildman–Crippen MR) is 64.7 cm³/mol. The van der Waals surface area contributed by atoms with Crippen LogP contribution in [0.5, 0.6) is 0 Å². The molecule has 1 aliphatic carbocycles. The van der Waals surface area contributed by atoms with Crippen LogP contribution in [0.25, 0.3) is 0 Å². The number of hydrogen-bond donors (Lipinski definition) is 0. The van der Waals surface area contributed by atoms with Crippen LogP contribution >= 0.6 is 0 Å². The summed E-state index contributed by atoms with van der Waals surface area (Å²) in [5, 5.41) is 0. The van der Waals surface area contributed by atoms with Crippen molar-refractivity contribution in [2.75, 3.05) is 0 Å². The molecule has 0 aromatic carbocycles. The molecule has 0 aromatic heterocycles. The van der Waals surface area contributed by atoms with Gasteiger partial charge in [0.15, 0.2) is 5.78 Å². The number of carbonyl (C=O) groups excluding carboxylic acids is 1. The molecule has 0 saturated heterocycles. The van der Waals surface area contributed by atoms with Crippen molar-refractivity contribution in [3.8, 4) is 0 Å². The standard InChI is InChI=1S/C14H22O/c1-8(2)7-13-11(5)9(3)10(4)12(6)14(13)15/h8-9H,7H2,1-6H3. The largest absolute Gasteiger partial charge is 0.289 e. The topological polar surface area (TPSA) is 17.1 Å². The maximum Gasteiger partial charge on any atom is 0.184 e. The Morgan fingerprint density at radius 3 is 2.13 bits per heavy atom. The quantitative estimate of drug-likeness (QED) is 0.669. The van der Waals surface area contributed by atoms with Gasteiger partial charge in [-0.25, -0.2) is 0 Å². The molecule has 1 nitrogen and oxygen atoms in total. The van der Waals surface area contributed by atoms with Gasteiger partial charge in [0, 0.05) is 0 Å². The molecular weight excluding hydrogens is 184 g/mol. The second kappa shape index (κ2) is 4.34. The molecule has 1 aliphatic rings. The Morgan fingerprint density at radius 2 is 1.67 bits per heavy atom. The highest BCUT2D eigenvalue weighted by molar-refractivity contribution is 6.10. The summed E-state index contributed by atoms with van der Waals surface area (Å²) in [6, 6.07) is 0. The van der Waals surface area contributed by atoms with E-state index in [0.29, 0.717) is 11.8 Å². The summed E-state index contributed by atoms with van der Waals surface area (Å²) in [7, 11) is 0. The average Bonchev–Trinajstić information content (AvgIpc) is 2.18. The molecule has 0 aromatic rings. The third kappa shape index (κ3) is 2.22. The Kier molecular flexibility index (Phi) is 3.54. The van der Waals surface area contributed by atoms with E-state index in [1.54, 1.807) is 0 Å². The van der Waals surface area contributed by atoms with Crippen LogP contribution in [0.1, 0.15) is 48.0 Å². The Bertz CT molecular complexity index is 342. The lowest BCUT2D eigenvalue weighted by Gasteiger charge is -2.26. The monoisotopic (exact) mass is 206 g/mol. The molecule has 84 valence electrons. The Balaban J connectivity index is 3.11. The lowest BCUT2D eigenvalue weighted by molar-refractivity contribution is -0.112. The Labute approximate surface area is 93.3 Å². The van der Waals surface area contributed by atoms with Crippen LogP contribution < -0.4 is 0 Å². The SMILES string of the molecule is CC1=C(C)C(C)C(C)=C(CC(C)C)C1=O. The highest BCUT2D eigenvalue weighted by atomic mass is 16.1. The summed E-state index contributed by atoms with van der Waals surface area (Å²) >= 11 is 0. The normalized spacial score (nSPS) is 23.1. The molecule has 1 unspecified atom stereocenters. The minimum absolute atomic E-state index is 0.275. The fourth-order valence-electron chi connectivity index (χ4n) is 2.16. The maximum absolute atomic E-state index is 12.1. The third-order valence-corrected chi connectivity index (χ3v) is 3.59. The van der Waals surface area contributed by atoms with Crippen LogP contribution in [0.4, 0.5) is 0 Å². The molecule has 0 saturated carbocycles. The van der Waals surface area contributed by atoms with E-state index < -0.39 is 0 Å². The van der Waals surface area contributed by atoms with E-state index >= 15 is 0 Å². The molecule has 0 radical (unpaired) electrons. The van der Waals surface area contributed by atoms with Gasteiger partial charge in [-0.1, -0.05) is 31.9 Å². The van der Waals surface area contributed by atoms with E-state index in [1.807, 2.05) is 6.92 Å². The molecule has 0 aliphatic heterocycles. The van der Waals surface area contributed by atoms with E-state index in [0.717, 1.165) is 17.6 Å². The second-order valence-corrected chi connectivity index (χ2v) is 5.12. The van der Waals surface area contributed by atoms with Crippen LogP contribution in [0.3, 0.4) is 0 Å². The number of allylic oxidation sites excluding steroid dienone is 4. The average molecular weight is 206 g/mol. The molecule has 0 bridgehead atoms. The van der Waals surface area contributed by atoms with Crippen molar-refractivity contribution < 1.29 is 4.79 Å². The fourth-order valence-corrected chi connectivity index (χ4v) is 2.16. The second-order valence-electron chi connectivity index (χ2n) is 5.12. The number of ketones is 1. The van der Waals surface area contributed by atoms with Crippen LogP contribution in [0.15, 0.2) is 22.3 Å². The van der Waals surface area contributed by atoms with Gasteiger partial charge in [0.2, 0.25) is 0 Å². The van der Waals surface area contributed by atoms with Gasteiger partial charge in [-0.15, -0.1) is 0 Å². The summed E-state index contributed by atoms with van der Waals surface area (Å²) in [6.45, 7) is 12.7. The molecule has 0 fully saturated rings. The number of Topliss-reactive ketones (excluding diaryl/α,β-unsaturated/α-hetero) is 1. The van der Waals surface area contributed by atoms with Gasteiger partial charge in [-0.2, -0.15) is 0 Å². The number of carbonyl (C=O) groups is 1. The van der Waals surface area contributed by atoms with Gasteiger partial charge in [0.25, 0.3) is 0 Å². The molecule has 1 heteroatoms. The Hall–Kier alpha value is -0.850. The van der Waals surface area contributed by atoms with E-state index in [9.17, 15) is 4.79 Å². The summed E-state index contributed by atoms with van der Waals surface area (Å²) in [6.07, 6.45) is 0.916. The zero-order valence-corrected chi connectivity index (χ0v) is 10.8. The molecule has 15 heavy (non-hydrogen) atoms. The summed E-state index contributed by atoms with van der Waals surface area (Å²) < 4.78 is 0. The van der Waals surface area contributed by atoms with E-state index in [1.165, 1.54) is 11.1 Å². The van der Waals surface area contributed by atoms with Gasteiger partial charge in [0.05, 0.1) is 0 Å². The van der Waals surface area contributed by atoms with Crippen molar-refractivity contribution in [1.82, 2.24) is 0 Å². The van der Waals surface area contributed by atoms with Gasteiger partial charge in [0.1, 0.15) is 0 Å². The first-order valence-corrected chi connectivity index (χ1v) is 5.78. The van der Waals surface area contributed by atoms with Crippen molar-refractivity contribution in [1.29, 1.82) is 0 Å². The zero-order chi connectivity index (χ0) is 11.7. The van der Waals surface area contributed by atoms with Crippen LogP contribution in [0, 0.1) is 11.8 Å². The van der Waals surface area contributed by atoms with Crippen molar-refractivity contribution in [3.63, 3.8) is 0 Å². The highest BCUT2D eigenvalue weighted by Crippen LogP contribution is 2.34. The molecule has 1 atom stereocenters. The van der Waals surface area contributed by atoms with Crippen molar-refractivity contribution >= 4 is 5.78 Å². The lowest BCUT2D eigenvalue weighted by atomic mass is 9.78. The molecule has 0 amide bonds. The first-order chi connectivity index (χ1) is 6.86. The van der Waals surface area contributed by atoms with Crippen LogP contribution in [-0.2, 0) is 4.79 Å². The van der Waals surface area contributed by atoms with Crippen molar-refractivity contribution in [2.24, 2.45) is 11.8 Å². The molecular formula is C14H22O. The van der Waals surface area contributed by atoms with Gasteiger partial charge >= 0.3 is 0 Å². The summed E-state index contributed by atoms with van der Waals surface area (Å²) in [4.78, 5) is 12.1. The molecule has 0 heterocycles. The number of hydrogen-bond acceptors (Lipinski definition) is 1. The molecule has 1 rings (SSSR count). The van der Waals surface area contributed by atoms with E-state index in [2.05, 4.69) is 34.6 Å². The van der Waals surface area contributed by atoms with Crippen molar-refractivity contribution in [3.05, 3.63) is 22.3 Å². The predicted octanol–water partition coefficient (Wildman–Crippen LogP) is 3.90. The van der Waals surface area contributed by atoms with Crippen LogP contribution in [0.2, 0.25) is 0 Å².